The van der Waals surface area contributed by atoms with Crippen LogP contribution in [0, 0.1) is 0 Å². The number of methoxy groups -OCH3 is 1. The first-order valence-corrected chi connectivity index (χ1v) is 10.6. The largest absolute Gasteiger partial charge is 0.383 e. The molecule has 0 unspecified atom stereocenters. The third-order valence-electron chi connectivity index (χ3n) is 3.52. The average molecular weight is 473 g/mol. The fourth-order valence-electron chi connectivity index (χ4n) is 2.26. The van der Waals surface area contributed by atoms with Crippen molar-refractivity contribution in [1.82, 2.24) is 14.8 Å². The van der Waals surface area contributed by atoms with Gasteiger partial charge in [0, 0.05) is 17.7 Å². The summed E-state index contributed by atoms with van der Waals surface area (Å²) in [5, 5.41) is 9.93. The fourth-order valence-corrected chi connectivity index (χ4v) is 4.65. The van der Waals surface area contributed by atoms with Crippen LogP contribution < -0.4 is 0 Å². The Labute approximate surface area is 172 Å². The van der Waals surface area contributed by atoms with Crippen LogP contribution in [0.2, 0.25) is 5.02 Å². The molecule has 5 nitrogen and oxygen atoms in total. The summed E-state index contributed by atoms with van der Waals surface area (Å²) in [6.45, 7) is 1.13. The number of benzene rings is 1. The van der Waals surface area contributed by atoms with Crippen LogP contribution in [0.25, 0.3) is 11.4 Å². The molecule has 26 heavy (non-hydrogen) atoms. The normalized spacial score (nSPS) is 11.0. The molecule has 2 heterocycles. The number of ketones is 1. The highest BCUT2D eigenvalue weighted by atomic mass is 79.9. The van der Waals surface area contributed by atoms with Gasteiger partial charge in [0.05, 0.1) is 27.6 Å². The van der Waals surface area contributed by atoms with Gasteiger partial charge in [-0.3, -0.25) is 9.36 Å². The summed E-state index contributed by atoms with van der Waals surface area (Å²) in [6.07, 6.45) is 0. The van der Waals surface area contributed by atoms with Crippen molar-refractivity contribution in [3.63, 3.8) is 0 Å². The SMILES string of the molecule is COCCn1c(SCC(=O)c2ccc(Br)s2)nnc1-c1ccc(Cl)cc1. The number of carbonyl (C=O) groups excluding carboxylic acids is 1. The van der Waals surface area contributed by atoms with Gasteiger partial charge in [0.2, 0.25) is 0 Å². The highest BCUT2D eigenvalue weighted by Gasteiger charge is 2.17. The molecular formula is C17H15BrClN3O2S2. The lowest BCUT2D eigenvalue weighted by Gasteiger charge is -2.09. The molecule has 0 saturated carbocycles. The molecule has 0 N–H and O–H groups in total. The van der Waals surface area contributed by atoms with Crippen LogP contribution in [-0.2, 0) is 11.3 Å². The number of halogens is 2. The molecule has 0 bridgehead atoms. The first-order chi connectivity index (χ1) is 12.6. The number of aromatic nitrogens is 3. The minimum Gasteiger partial charge on any atom is -0.383 e. The molecule has 0 aliphatic heterocycles. The van der Waals surface area contributed by atoms with E-state index in [-0.39, 0.29) is 5.78 Å². The summed E-state index contributed by atoms with van der Waals surface area (Å²) in [4.78, 5) is 13.1. The minimum absolute atomic E-state index is 0.0695. The molecule has 0 radical (unpaired) electrons. The monoisotopic (exact) mass is 471 g/mol. The first-order valence-electron chi connectivity index (χ1n) is 7.68. The fraction of sp³-hybridized carbons (Fsp3) is 0.235. The number of nitrogens with zero attached hydrogens (tertiary/aromatic N) is 3. The summed E-state index contributed by atoms with van der Waals surface area (Å²) in [5.74, 6) is 1.10. The third-order valence-corrected chi connectivity index (χ3v) is 6.40. The Morgan fingerprint density at radius 2 is 2.04 bits per heavy atom. The highest BCUT2D eigenvalue weighted by molar-refractivity contribution is 9.11. The number of carbonyl (C=O) groups is 1. The Hall–Kier alpha value is -1.19. The molecule has 0 aliphatic carbocycles. The Bertz CT molecular complexity index is 896. The summed E-state index contributed by atoms with van der Waals surface area (Å²) in [6, 6.07) is 11.1. The van der Waals surface area contributed by atoms with Gasteiger partial charge < -0.3 is 4.74 Å². The Morgan fingerprint density at radius 3 is 2.69 bits per heavy atom. The van der Waals surface area contributed by atoms with Gasteiger partial charge in [0.1, 0.15) is 0 Å². The van der Waals surface area contributed by atoms with Gasteiger partial charge in [0.15, 0.2) is 16.8 Å². The van der Waals surface area contributed by atoms with E-state index in [1.54, 1.807) is 7.11 Å². The average Bonchev–Trinajstić information content (AvgIpc) is 3.25. The lowest BCUT2D eigenvalue weighted by Crippen LogP contribution is -2.09. The summed E-state index contributed by atoms with van der Waals surface area (Å²) < 4.78 is 8.11. The number of thioether (sulfide) groups is 1. The van der Waals surface area contributed by atoms with Gasteiger partial charge in [-0.15, -0.1) is 21.5 Å². The van der Waals surface area contributed by atoms with Crippen LogP contribution >= 0.6 is 50.6 Å². The zero-order valence-corrected chi connectivity index (χ0v) is 17.8. The van der Waals surface area contributed by atoms with Crippen molar-refractivity contribution in [2.24, 2.45) is 0 Å². The molecule has 0 spiro atoms. The van der Waals surface area contributed by atoms with Crippen LogP contribution in [0.15, 0.2) is 45.3 Å². The Balaban J connectivity index is 1.80. The highest BCUT2D eigenvalue weighted by Crippen LogP contribution is 2.27. The van der Waals surface area contributed by atoms with Crippen LogP contribution in [0.5, 0.6) is 0 Å². The van der Waals surface area contributed by atoms with Crippen molar-refractivity contribution in [3.05, 3.63) is 50.1 Å². The van der Waals surface area contributed by atoms with E-state index in [0.717, 1.165) is 20.1 Å². The quantitative estimate of drug-likeness (QED) is 0.339. The second-order valence-corrected chi connectivity index (χ2v) is 9.12. The van der Waals surface area contributed by atoms with E-state index in [2.05, 4.69) is 26.1 Å². The summed E-state index contributed by atoms with van der Waals surface area (Å²) in [5.41, 5.74) is 0.915. The van der Waals surface area contributed by atoms with E-state index in [9.17, 15) is 4.79 Å². The molecule has 3 rings (SSSR count). The summed E-state index contributed by atoms with van der Waals surface area (Å²) >= 11 is 12.2. The lowest BCUT2D eigenvalue weighted by molar-refractivity contribution is 0.102. The second kappa shape index (κ2) is 9.14. The van der Waals surface area contributed by atoms with E-state index in [4.69, 9.17) is 16.3 Å². The molecule has 0 fully saturated rings. The van der Waals surface area contributed by atoms with Crippen LogP contribution in [-0.4, -0.2) is 40.0 Å². The van der Waals surface area contributed by atoms with E-state index in [1.165, 1.54) is 23.1 Å². The molecule has 0 amide bonds. The molecule has 3 aromatic rings. The Morgan fingerprint density at radius 1 is 1.27 bits per heavy atom. The maximum absolute atomic E-state index is 12.3. The molecular weight excluding hydrogens is 458 g/mol. The van der Waals surface area contributed by atoms with Gasteiger partial charge in [-0.1, -0.05) is 23.4 Å². The van der Waals surface area contributed by atoms with Crippen molar-refractivity contribution in [1.29, 1.82) is 0 Å². The van der Waals surface area contributed by atoms with Gasteiger partial charge >= 0.3 is 0 Å². The topological polar surface area (TPSA) is 57.0 Å². The van der Waals surface area contributed by atoms with E-state index in [1.807, 2.05) is 41.0 Å². The van der Waals surface area contributed by atoms with Crippen LogP contribution in [0.4, 0.5) is 0 Å². The van der Waals surface area contributed by atoms with Crippen LogP contribution in [0.3, 0.4) is 0 Å². The van der Waals surface area contributed by atoms with Crippen molar-refractivity contribution in [2.45, 2.75) is 11.7 Å². The lowest BCUT2D eigenvalue weighted by atomic mass is 10.2. The predicted octanol–water partition coefficient (Wildman–Crippen LogP) is 5.04. The molecule has 0 saturated heterocycles. The van der Waals surface area contributed by atoms with Crippen molar-refractivity contribution in [3.8, 4) is 11.4 Å². The van der Waals surface area contributed by atoms with Crippen molar-refractivity contribution >= 4 is 56.4 Å². The summed E-state index contributed by atoms with van der Waals surface area (Å²) in [7, 11) is 1.65. The minimum atomic E-state index is 0.0695. The van der Waals surface area contributed by atoms with Crippen LogP contribution in [0.1, 0.15) is 9.67 Å². The zero-order valence-electron chi connectivity index (χ0n) is 13.8. The van der Waals surface area contributed by atoms with E-state index >= 15 is 0 Å². The molecule has 9 heteroatoms. The molecule has 0 aliphatic rings. The predicted molar refractivity (Wildman–Crippen MR) is 109 cm³/mol. The molecule has 136 valence electrons. The number of thiophene rings is 1. The number of hydrogen-bond acceptors (Lipinski definition) is 6. The number of hydrogen-bond donors (Lipinski definition) is 0. The first kappa shape index (κ1) is 19.6. The number of rotatable bonds is 8. The van der Waals surface area contributed by atoms with Gasteiger partial charge in [-0.25, -0.2) is 0 Å². The smallest absolute Gasteiger partial charge is 0.192 e. The second-order valence-electron chi connectivity index (χ2n) is 5.27. The van der Waals surface area contributed by atoms with E-state index < -0.39 is 0 Å². The van der Waals surface area contributed by atoms with Crippen molar-refractivity contribution in [2.75, 3.05) is 19.5 Å². The zero-order chi connectivity index (χ0) is 18.5. The maximum Gasteiger partial charge on any atom is 0.192 e. The standard InChI is InChI=1S/C17H15BrClN3O2S2/c1-24-9-8-22-16(11-2-4-12(19)5-3-11)20-21-17(22)25-10-13(23)14-6-7-15(18)26-14/h2-7H,8-10H2,1H3. The molecule has 1 aromatic carbocycles. The van der Waals surface area contributed by atoms with Gasteiger partial charge in [-0.05, 0) is 52.3 Å². The van der Waals surface area contributed by atoms with Gasteiger partial charge in [0.25, 0.3) is 0 Å². The van der Waals surface area contributed by atoms with E-state index in [0.29, 0.717) is 29.1 Å². The molecule has 2 aromatic heterocycles. The number of ether oxygens (including phenoxy) is 1. The Kier molecular flexibility index (Phi) is 6.88. The molecule has 0 atom stereocenters. The maximum atomic E-state index is 12.3. The third kappa shape index (κ3) is 4.75. The van der Waals surface area contributed by atoms with Crippen molar-refractivity contribution < 1.29 is 9.53 Å². The van der Waals surface area contributed by atoms with Gasteiger partial charge in [-0.2, -0.15) is 0 Å². The number of Topliss-reactive ketones (excluding diaryl/α,β-unsaturated/α-hetero) is 1.